The molecule has 0 unspecified atom stereocenters. The number of aromatic amines is 1. The number of nitrogens with one attached hydrogen (secondary N) is 1. The van der Waals surface area contributed by atoms with Crippen LogP contribution in [0.5, 0.6) is 0 Å². The number of aromatic nitrogens is 2. The van der Waals surface area contributed by atoms with E-state index < -0.39 is 16.0 Å². The van der Waals surface area contributed by atoms with Gasteiger partial charge in [-0.25, -0.2) is 22.5 Å². The summed E-state index contributed by atoms with van der Waals surface area (Å²) < 4.78 is 31.9. The summed E-state index contributed by atoms with van der Waals surface area (Å²) in [6, 6.07) is 11.4. The van der Waals surface area contributed by atoms with Gasteiger partial charge in [0, 0.05) is 27.2 Å². The van der Waals surface area contributed by atoms with Crippen molar-refractivity contribution in [1.82, 2.24) is 14.3 Å². The number of nitrogens with zero attached hydrogens (tertiary/aromatic N) is 3. The van der Waals surface area contributed by atoms with E-state index in [-0.39, 0.29) is 28.4 Å². The summed E-state index contributed by atoms with van der Waals surface area (Å²) in [6.07, 6.45) is 3.10. The van der Waals surface area contributed by atoms with Crippen LogP contribution in [0.15, 0.2) is 52.2 Å². The molecule has 0 amide bonds. The van der Waals surface area contributed by atoms with Crippen molar-refractivity contribution in [2.45, 2.75) is 30.8 Å². The molecule has 1 fully saturated rings. The predicted molar refractivity (Wildman–Crippen MR) is 125 cm³/mol. The van der Waals surface area contributed by atoms with Gasteiger partial charge >= 0.3 is 5.97 Å². The molecule has 9 nitrogen and oxygen atoms in total. The van der Waals surface area contributed by atoms with Crippen molar-refractivity contribution >= 4 is 32.6 Å². The lowest BCUT2D eigenvalue weighted by Gasteiger charge is -2.30. The third kappa shape index (κ3) is 4.76. The number of esters is 1. The summed E-state index contributed by atoms with van der Waals surface area (Å²) in [4.78, 5) is 34.4. The molecule has 2 heterocycles. The number of carbonyl (C=O) groups excluding carboxylic acids is 1. The van der Waals surface area contributed by atoms with Crippen LogP contribution >= 0.6 is 0 Å². The number of hydrogen-bond acceptors (Lipinski definition) is 7. The molecule has 33 heavy (non-hydrogen) atoms. The zero-order chi connectivity index (χ0) is 23.6. The van der Waals surface area contributed by atoms with Crippen molar-refractivity contribution in [2.75, 3.05) is 32.1 Å². The molecule has 0 spiro atoms. The summed E-state index contributed by atoms with van der Waals surface area (Å²) in [7, 11) is -0.854. The Morgan fingerprint density at radius 2 is 1.85 bits per heavy atom. The highest BCUT2D eigenvalue weighted by Gasteiger charge is 2.25. The number of rotatable bonds is 6. The second kappa shape index (κ2) is 9.32. The largest absolute Gasteiger partial charge is 0.454 e. The average molecular weight is 471 g/mol. The van der Waals surface area contributed by atoms with Crippen LogP contribution in [-0.2, 0) is 21.4 Å². The zero-order valence-corrected chi connectivity index (χ0v) is 19.4. The number of anilines is 1. The average Bonchev–Trinajstić information content (AvgIpc) is 2.82. The quantitative estimate of drug-likeness (QED) is 0.551. The summed E-state index contributed by atoms with van der Waals surface area (Å²) in [5.41, 5.74) is 0.987. The first-order chi connectivity index (χ1) is 15.8. The Morgan fingerprint density at radius 1 is 1.12 bits per heavy atom. The van der Waals surface area contributed by atoms with Crippen LogP contribution in [0.3, 0.4) is 0 Å². The lowest BCUT2D eigenvalue weighted by Crippen LogP contribution is -2.31. The van der Waals surface area contributed by atoms with Crippen molar-refractivity contribution in [3.8, 4) is 0 Å². The molecule has 1 aliphatic rings. The molecule has 1 aliphatic heterocycles. The van der Waals surface area contributed by atoms with Gasteiger partial charge < -0.3 is 14.6 Å². The summed E-state index contributed by atoms with van der Waals surface area (Å²) in [6.45, 7) is 1.31. The van der Waals surface area contributed by atoms with Crippen LogP contribution < -0.4 is 10.5 Å². The maximum Gasteiger partial charge on any atom is 0.340 e. The molecule has 2 aromatic carbocycles. The Labute approximate surface area is 192 Å². The van der Waals surface area contributed by atoms with Gasteiger partial charge in [-0.3, -0.25) is 4.79 Å². The molecule has 1 aromatic heterocycles. The summed E-state index contributed by atoms with van der Waals surface area (Å²) in [5, 5.41) is 0.446. The molecule has 174 valence electrons. The Bertz CT molecular complexity index is 1340. The van der Waals surface area contributed by atoms with Gasteiger partial charge in [-0.1, -0.05) is 12.1 Å². The number of ether oxygens (including phenoxy) is 1. The van der Waals surface area contributed by atoms with Crippen LogP contribution in [0.1, 0.15) is 35.4 Å². The van der Waals surface area contributed by atoms with Gasteiger partial charge in [0.15, 0.2) is 0 Å². The van der Waals surface area contributed by atoms with E-state index >= 15 is 0 Å². The Kier molecular flexibility index (Phi) is 6.48. The second-order valence-corrected chi connectivity index (χ2v) is 10.3. The molecule has 10 heteroatoms. The molecule has 1 N–H and O–H groups in total. The molecule has 0 radical (unpaired) electrons. The van der Waals surface area contributed by atoms with Crippen LogP contribution in [0, 0.1) is 0 Å². The highest BCUT2D eigenvalue weighted by Crippen LogP contribution is 2.28. The van der Waals surface area contributed by atoms with Gasteiger partial charge in [0.05, 0.1) is 27.0 Å². The van der Waals surface area contributed by atoms with Gasteiger partial charge in [-0.05, 0) is 49.6 Å². The maximum absolute atomic E-state index is 13.1. The van der Waals surface area contributed by atoms with E-state index in [9.17, 15) is 18.0 Å². The monoisotopic (exact) mass is 470 g/mol. The van der Waals surface area contributed by atoms with E-state index in [0.717, 1.165) is 36.7 Å². The molecule has 0 aliphatic carbocycles. The van der Waals surface area contributed by atoms with Gasteiger partial charge in [-0.2, -0.15) is 0 Å². The third-order valence-corrected chi connectivity index (χ3v) is 7.48. The molecular weight excluding hydrogens is 444 g/mol. The van der Waals surface area contributed by atoms with E-state index in [1.807, 2.05) is 0 Å². The van der Waals surface area contributed by atoms with Gasteiger partial charge in [-0.15, -0.1) is 0 Å². The SMILES string of the molecule is CN(C)S(=O)(=O)c1ccc(N2CCCCC2)c(C(=O)OCc2nc3ccccc3c(=O)[nH]2)c1. The fourth-order valence-corrected chi connectivity index (χ4v) is 4.80. The van der Waals surface area contributed by atoms with Crippen molar-refractivity contribution < 1.29 is 17.9 Å². The number of piperidine rings is 1. The fourth-order valence-electron chi connectivity index (χ4n) is 3.88. The second-order valence-electron chi connectivity index (χ2n) is 8.12. The number of fused-ring (bicyclic) bond motifs is 1. The number of hydrogen-bond donors (Lipinski definition) is 1. The molecular formula is C23H26N4O5S. The van der Waals surface area contributed by atoms with Crippen molar-refractivity contribution in [3.63, 3.8) is 0 Å². The molecule has 1 saturated heterocycles. The minimum atomic E-state index is -3.73. The van der Waals surface area contributed by atoms with Crippen molar-refractivity contribution in [2.24, 2.45) is 0 Å². The van der Waals surface area contributed by atoms with E-state index in [1.165, 1.54) is 26.2 Å². The molecule has 4 rings (SSSR count). The summed E-state index contributed by atoms with van der Waals surface area (Å²) in [5.74, 6) is -0.467. The highest BCUT2D eigenvalue weighted by molar-refractivity contribution is 7.89. The molecule has 0 atom stereocenters. The predicted octanol–water partition coefficient (Wildman–Crippen LogP) is 2.52. The topological polar surface area (TPSA) is 113 Å². The number of benzene rings is 2. The lowest BCUT2D eigenvalue weighted by molar-refractivity contribution is 0.0462. The maximum atomic E-state index is 13.1. The van der Waals surface area contributed by atoms with Crippen LogP contribution in [0.4, 0.5) is 5.69 Å². The van der Waals surface area contributed by atoms with Crippen LogP contribution in [0.25, 0.3) is 10.9 Å². The Morgan fingerprint density at radius 3 is 2.58 bits per heavy atom. The van der Waals surface area contributed by atoms with E-state index in [1.54, 1.807) is 30.3 Å². The van der Waals surface area contributed by atoms with Gasteiger partial charge in [0.2, 0.25) is 10.0 Å². The zero-order valence-electron chi connectivity index (χ0n) is 18.6. The van der Waals surface area contributed by atoms with Gasteiger partial charge in [0.25, 0.3) is 5.56 Å². The van der Waals surface area contributed by atoms with Crippen molar-refractivity contribution in [1.29, 1.82) is 0 Å². The molecule has 3 aromatic rings. The minimum absolute atomic E-state index is 0.0115. The standard InChI is InChI=1S/C23H26N4O5S/c1-26(2)33(30,31)16-10-11-20(27-12-6-3-7-13-27)18(14-16)23(29)32-15-21-24-19-9-5-4-8-17(19)22(28)25-21/h4-5,8-11,14H,3,6-7,12-13,15H2,1-2H3,(H,24,25,28). The number of carbonyl (C=O) groups is 1. The van der Waals surface area contributed by atoms with Gasteiger partial charge in [0.1, 0.15) is 12.4 Å². The van der Waals surface area contributed by atoms with Crippen LogP contribution in [0.2, 0.25) is 0 Å². The van der Waals surface area contributed by atoms with Crippen molar-refractivity contribution in [3.05, 3.63) is 64.2 Å². The first-order valence-electron chi connectivity index (χ1n) is 10.7. The van der Waals surface area contributed by atoms with E-state index in [2.05, 4.69) is 14.9 Å². The van der Waals surface area contributed by atoms with E-state index in [0.29, 0.717) is 16.6 Å². The summed E-state index contributed by atoms with van der Waals surface area (Å²) >= 11 is 0. The van der Waals surface area contributed by atoms with Crippen LogP contribution in [-0.4, -0.2) is 55.8 Å². The number of H-pyrrole nitrogens is 1. The number of para-hydroxylation sites is 1. The molecule has 0 saturated carbocycles. The fraction of sp³-hybridized carbons (Fsp3) is 0.348. The first kappa shape index (κ1) is 22.9. The normalized spacial score (nSPS) is 14.6. The Balaban J connectivity index is 1.65. The highest BCUT2D eigenvalue weighted by atomic mass is 32.2. The third-order valence-electron chi connectivity index (χ3n) is 5.67. The smallest absolute Gasteiger partial charge is 0.340 e. The molecule has 0 bridgehead atoms. The Hall–Kier alpha value is -3.24. The minimum Gasteiger partial charge on any atom is -0.454 e. The lowest BCUT2D eigenvalue weighted by atomic mass is 10.1. The number of sulfonamides is 1. The van der Waals surface area contributed by atoms with E-state index in [4.69, 9.17) is 4.74 Å². The first-order valence-corrected chi connectivity index (χ1v) is 12.2.